The average molecular weight is 365 g/mol. The summed E-state index contributed by atoms with van der Waals surface area (Å²) < 4.78 is 0. The van der Waals surface area contributed by atoms with Crippen molar-refractivity contribution in [3.63, 3.8) is 0 Å². The molecule has 0 radical (unpaired) electrons. The predicted molar refractivity (Wildman–Crippen MR) is 107 cm³/mol. The van der Waals surface area contributed by atoms with E-state index in [1.54, 1.807) is 0 Å². The number of hydrogen-bond acceptors (Lipinski definition) is 5. The van der Waals surface area contributed by atoms with Gasteiger partial charge in [0.15, 0.2) is 0 Å². The van der Waals surface area contributed by atoms with E-state index >= 15 is 0 Å². The summed E-state index contributed by atoms with van der Waals surface area (Å²) in [5.41, 5.74) is 3.16. The summed E-state index contributed by atoms with van der Waals surface area (Å²) in [6, 6.07) is 10.4. The van der Waals surface area contributed by atoms with Crippen molar-refractivity contribution in [2.75, 3.05) is 24.3 Å². The average Bonchev–Trinajstić information content (AvgIpc) is 2.95. The van der Waals surface area contributed by atoms with Gasteiger partial charge in [0.25, 0.3) is 0 Å². The van der Waals surface area contributed by atoms with Crippen molar-refractivity contribution < 1.29 is 4.79 Å². The molecule has 1 aromatic carbocycles. The summed E-state index contributed by atoms with van der Waals surface area (Å²) in [5, 5.41) is 3.48. The summed E-state index contributed by atoms with van der Waals surface area (Å²) in [6.45, 7) is 3.96. The first kappa shape index (κ1) is 17.8. The number of benzene rings is 1. The number of anilines is 3. The van der Waals surface area contributed by atoms with Crippen LogP contribution in [0.2, 0.25) is 0 Å². The first-order valence-corrected chi connectivity index (χ1v) is 9.68. The van der Waals surface area contributed by atoms with Crippen LogP contribution < -0.4 is 10.2 Å². The minimum absolute atomic E-state index is 0.00199. The predicted octanol–water partition coefficient (Wildman–Crippen LogP) is 3.53. The second-order valence-corrected chi connectivity index (χ2v) is 7.97. The number of nitrogens with one attached hydrogen (secondary N) is 1. The maximum Gasteiger partial charge on any atom is 0.227 e. The van der Waals surface area contributed by atoms with Crippen molar-refractivity contribution in [3.8, 4) is 0 Å². The smallest absolute Gasteiger partial charge is 0.227 e. The van der Waals surface area contributed by atoms with E-state index in [4.69, 9.17) is 9.97 Å². The standard InChI is InChI=1S/C21H27N5O/c1-13(2)20(27)26-15-10-11-17(26)18-16(12-15)23-21(25(3)4)24-19(18)22-14-8-6-5-7-9-14/h5-9,13,15,17H,10-12H2,1-4H3,(H,22,23,24). The van der Waals surface area contributed by atoms with E-state index in [9.17, 15) is 4.79 Å². The third kappa shape index (κ3) is 3.13. The van der Waals surface area contributed by atoms with E-state index < -0.39 is 0 Å². The van der Waals surface area contributed by atoms with Crippen LogP contribution in [0.4, 0.5) is 17.5 Å². The molecule has 2 atom stereocenters. The van der Waals surface area contributed by atoms with Crippen LogP contribution in [0, 0.1) is 5.92 Å². The van der Waals surface area contributed by atoms with Crippen LogP contribution in [0.1, 0.15) is 44.0 Å². The molecule has 0 spiro atoms. The minimum atomic E-state index is 0.00199. The van der Waals surface area contributed by atoms with E-state index in [0.29, 0.717) is 5.95 Å². The molecule has 6 heteroatoms. The lowest BCUT2D eigenvalue weighted by Crippen LogP contribution is -2.44. The van der Waals surface area contributed by atoms with Gasteiger partial charge in [-0.15, -0.1) is 0 Å². The Labute approximate surface area is 160 Å². The molecule has 1 amide bonds. The molecule has 4 rings (SSSR count). The van der Waals surface area contributed by atoms with Crippen molar-refractivity contribution in [3.05, 3.63) is 41.6 Å². The number of carbonyl (C=O) groups excluding carboxylic acids is 1. The van der Waals surface area contributed by atoms with Crippen LogP contribution in [-0.4, -0.2) is 40.9 Å². The molecule has 0 saturated carbocycles. The second-order valence-electron chi connectivity index (χ2n) is 7.97. The first-order valence-electron chi connectivity index (χ1n) is 9.68. The lowest BCUT2D eigenvalue weighted by atomic mass is 9.96. The zero-order chi connectivity index (χ0) is 19.1. The monoisotopic (exact) mass is 365 g/mol. The Kier molecular flexibility index (Phi) is 4.50. The number of aromatic nitrogens is 2. The summed E-state index contributed by atoms with van der Waals surface area (Å²) in [5.74, 6) is 1.76. The molecule has 1 fully saturated rings. The Balaban J connectivity index is 1.80. The maximum absolute atomic E-state index is 12.9. The molecule has 3 heterocycles. The molecule has 1 N–H and O–H groups in total. The molecular weight excluding hydrogens is 338 g/mol. The molecule has 2 aliphatic rings. The zero-order valence-electron chi connectivity index (χ0n) is 16.4. The fourth-order valence-corrected chi connectivity index (χ4v) is 4.18. The number of fused-ring (bicyclic) bond motifs is 4. The lowest BCUT2D eigenvalue weighted by Gasteiger charge is -2.38. The highest BCUT2D eigenvalue weighted by Crippen LogP contribution is 2.47. The van der Waals surface area contributed by atoms with Crippen LogP contribution in [0.15, 0.2) is 30.3 Å². The Morgan fingerprint density at radius 1 is 1.19 bits per heavy atom. The Bertz CT molecular complexity index is 849. The molecule has 2 bridgehead atoms. The largest absolute Gasteiger partial charge is 0.347 e. The number of para-hydroxylation sites is 1. The van der Waals surface area contributed by atoms with Gasteiger partial charge in [-0.2, -0.15) is 4.98 Å². The Morgan fingerprint density at radius 2 is 1.93 bits per heavy atom. The lowest BCUT2D eigenvalue weighted by molar-refractivity contribution is -0.138. The van der Waals surface area contributed by atoms with E-state index in [2.05, 4.69) is 10.2 Å². The molecule has 1 aromatic heterocycles. The third-order valence-electron chi connectivity index (χ3n) is 5.46. The quantitative estimate of drug-likeness (QED) is 0.898. The number of carbonyl (C=O) groups is 1. The van der Waals surface area contributed by atoms with Crippen molar-refractivity contribution in [2.24, 2.45) is 5.92 Å². The van der Waals surface area contributed by atoms with E-state index in [1.807, 2.05) is 63.2 Å². The Hall–Kier alpha value is -2.63. The number of amides is 1. The SMILES string of the molecule is CC(C)C(=O)N1C2CCC1c1c(nc(N(C)C)nc1Nc1ccccc1)C2. The zero-order valence-corrected chi connectivity index (χ0v) is 16.4. The summed E-state index contributed by atoms with van der Waals surface area (Å²) >= 11 is 0. The maximum atomic E-state index is 12.9. The van der Waals surface area contributed by atoms with Crippen LogP contribution in [0.3, 0.4) is 0 Å². The van der Waals surface area contributed by atoms with Gasteiger partial charge in [0.2, 0.25) is 11.9 Å². The summed E-state index contributed by atoms with van der Waals surface area (Å²) in [4.78, 5) is 26.5. The Morgan fingerprint density at radius 3 is 2.59 bits per heavy atom. The van der Waals surface area contributed by atoms with Gasteiger partial charge in [-0.1, -0.05) is 32.0 Å². The van der Waals surface area contributed by atoms with Crippen molar-refractivity contribution >= 4 is 23.4 Å². The fraction of sp³-hybridized carbons (Fsp3) is 0.476. The van der Waals surface area contributed by atoms with E-state index in [-0.39, 0.29) is 23.9 Å². The van der Waals surface area contributed by atoms with E-state index in [0.717, 1.165) is 42.0 Å². The van der Waals surface area contributed by atoms with Crippen LogP contribution in [-0.2, 0) is 11.2 Å². The highest BCUT2D eigenvalue weighted by Gasteiger charge is 2.45. The molecule has 6 nitrogen and oxygen atoms in total. The van der Waals surface area contributed by atoms with Crippen molar-refractivity contribution in [1.82, 2.24) is 14.9 Å². The van der Waals surface area contributed by atoms with Crippen LogP contribution in [0.25, 0.3) is 0 Å². The van der Waals surface area contributed by atoms with E-state index in [1.165, 1.54) is 0 Å². The van der Waals surface area contributed by atoms with Gasteiger partial charge >= 0.3 is 0 Å². The molecule has 142 valence electrons. The minimum Gasteiger partial charge on any atom is -0.347 e. The molecule has 0 aliphatic carbocycles. The summed E-state index contributed by atoms with van der Waals surface area (Å²) in [7, 11) is 3.92. The second kappa shape index (κ2) is 6.83. The van der Waals surface area contributed by atoms with Gasteiger partial charge in [0.1, 0.15) is 5.82 Å². The van der Waals surface area contributed by atoms with Gasteiger partial charge in [-0.3, -0.25) is 4.79 Å². The highest BCUT2D eigenvalue weighted by atomic mass is 16.2. The molecular formula is C21H27N5O. The van der Waals surface area contributed by atoms with Gasteiger partial charge in [0, 0.05) is 43.7 Å². The molecule has 2 unspecified atom stereocenters. The highest BCUT2D eigenvalue weighted by molar-refractivity contribution is 5.80. The van der Waals surface area contributed by atoms with Gasteiger partial charge in [0.05, 0.1) is 11.7 Å². The molecule has 27 heavy (non-hydrogen) atoms. The molecule has 2 aliphatic heterocycles. The molecule has 1 saturated heterocycles. The van der Waals surface area contributed by atoms with Crippen LogP contribution >= 0.6 is 0 Å². The van der Waals surface area contributed by atoms with Crippen LogP contribution in [0.5, 0.6) is 0 Å². The van der Waals surface area contributed by atoms with Gasteiger partial charge in [-0.25, -0.2) is 4.98 Å². The topological polar surface area (TPSA) is 61.4 Å². The number of nitrogens with zero attached hydrogens (tertiary/aromatic N) is 4. The number of rotatable bonds is 4. The summed E-state index contributed by atoms with van der Waals surface area (Å²) in [6.07, 6.45) is 2.81. The first-order chi connectivity index (χ1) is 13.0. The normalized spacial score (nSPS) is 20.6. The fourth-order valence-electron chi connectivity index (χ4n) is 4.18. The third-order valence-corrected chi connectivity index (χ3v) is 5.46. The van der Waals surface area contributed by atoms with Crippen molar-refractivity contribution in [1.29, 1.82) is 0 Å². The number of hydrogen-bond donors (Lipinski definition) is 1. The van der Waals surface area contributed by atoms with Gasteiger partial charge < -0.3 is 15.1 Å². The molecule has 2 aromatic rings. The van der Waals surface area contributed by atoms with Gasteiger partial charge in [-0.05, 0) is 25.0 Å². The van der Waals surface area contributed by atoms with Crippen molar-refractivity contribution in [2.45, 2.75) is 45.2 Å².